The highest BCUT2D eigenvalue weighted by Crippen LogP contribution is 2.36. The van der Waals surface area contributed by atoms with Crippen molar-refractivity contribution in [1.29, 1.82) is 0 Å². The Labute approximate surface area is 105 Å². The lowest BCUT2D eigenvalue weighted by Crippen LogP contribution is -2.41. The predicted octanol–water partition coefficient (Wildman–Crippen LogP) is 3.60. The Morgan fingerprint density at radius 1 is 1.25 bits per heavy atom. The average molecular weight is 251 g/mol. The zero-order valence-corrected chi connectivity index (χ0v) is 12.3. The molecule has 0 amide bonds. The average Bonchev–Trinajstić information content (AvgIpc) is 2.14. The van der Waals surface area contributed by atoms with Gasteiger partial charge in [-0.2, -0.15) is 0 Å². The van der Waals surface area contributed by atoms with Gasteiger partial charge in [-0.3, -0.25) is 0 Å². The molecule has 0 aliphatic rings. The minimum atomic E-state index is -0.490. The summed E-state index contributed by atoms with van der Waals surface area (Å²) in [4.78, 5) is 0. The summed E-state index contributed by atoms with van der Waals surface area (Å²) in [5.74, 6) is 0.272. The number of aliphatic hydroxyl groups excluding tert-OH is 1. The summed E-state index contributed by atoms with van der Waals surface area (Å²) in [5.41, 5.74) is -0.411. The Kier molecular flexibility index (Phi) is 6.31. The first-order chi connectivity index (χ1) is 7.17. The maximum absolute atomic E-state index is 9.89. The number of hydrogen-bond acceptors (Lipinski definition) is 2. The normalized spacial score (nSPS) is 18.6. The van der Waals surface area contributed by atoms with Gasteiger partial charge in [0.25, 0.3) is 0 Å². The van der Waals surface area contributed by atoms with Crippen molar-refractivity contribution in [1.82, 2.24) is 0 Å². The third-order valence-electron chi connectivity index (χ3n) is 3.15. The fourth-order valence-electron chi connectivity index (χ4n) is 2.11. The van der Waals surface area contributed by atoms with Crippen LogP contribution in [0.5, 0.6) is 0 Å². The molecule has 0 bridgehead atoms. The maximum atomic E-state index is 9.89. The van der Waals surface area contributed by atoms with Crippen molar-refractivity contribution in [2.75, 3.05) is 5.88 Å². The second-order valence-electron chi connectivity index (χ2n) is 5.81. The lowest BCUT2D eigenvalue weighted by molar-refractivity contribution is -0.107. The smallest absolute Gasteiger partial charge is 0.0727 e. The molecule has 1 N–H and O–H groups in total. The van der Waals surface area contributed by atoms with Crippen molar-refractivity contribution in [2.24, 2.45) is 5.41 Å². The highest BCUT2D eigenvalue weighted by atomic mass is 35.5. The van der Waals surface area contributed by atoms with E-state index in [9.17, 15) is 5.11 Å². The monoisotopic (exact) mass is 250 g/mol. The second kappa shape index (κ2) is 6.23. The van der Waals surface area contributed by atoms with Crippen molar-refractivity contribution in [3.05, 3.63) is 0 Å². The van der Waals surface area contributed by atoms with Gasteiger partial charge in [0, 0.05) is 5.88 Å². The standard InChI is InChI=1S/C13H27ClO2/c1-7-13(6,16-10(2)3)9-12(4,5)11(15)8-14/h10-11,15H,7-9H2,1-6H3. The van der Waals surface area contributed by atoms with Gasteiger partial charge in [0.2, 0.25) is 0 Å². The molecule has 3 heteroatoms. The van der Waals surface area contributed by atoms with E-state index in [4.69, 9.17) is 16.3 Å². The van der Waals surface area contributed by atoms with Gasteiger partial charge in [-0.05, 0) is 39.0 Å². The van der Waals surface area contributed by atoms with E-state index in [0.29, 0.717) is 0 Å². The summed E-state index contributed by atoms with van der Waals surface area (Å²) in [5, 5.41) is 9.89. The molecular formula is C13H27ClO2. The second-order valence-corrected chi connectivity index (χ2v) is 6.11. The van der Waals surface area contributed by atoms with Crippen molar-refractivity contribution >= 4 is 11.6 Å². The van der Waals surface area contributed by atoms with Gasteiger partial charge >= 0.3 is 0 Å². The van der Waals surface area contributed by atoms with E-state index in [1.165, 1.54) is 0 Å². The third kappa shape index (κ3) is 5.03. The maximum Gasteiger partial charge on any atom is 0.0727 e. The zero-order valence-electron chi connectivity index (χ0n) is 11.5. The molecule has 2 atom stereocenters. The van der Waals surface area contributed by atoms with Crippen LogP contribution in [0.1, 0.15) is 54.4 Å². The lowest BCUT2D eigenvalue weighted by Gasteiger charge is -2.40. The molecule has 0 aromatic carbocycles. The topological polar surface area (TPSA) is 29.5 Å². The van der Waals surface area contributed by atoms with Crippen LogP contribution < -0.4 is 0 Å². The lowest BCUT2D eigenvalue weighted by atomic mass is 9.76. The van der Waals surface area contributed by atoms with Crippen LogP contribution in [0.4, 0.5) is 0 Å². The van der Waals surface area contributed by atoms with Gasteiger partial charge in [-0.15, -0.1) is 11.6 Å². The number of aliphatic hydroxyl groups is 1. The Balaban J connectivity index is 4.63. The van der Waals surface area contributed by atoms with E-state index < -0.39 is 6.10 Å². The van der Waals surface area contributed by atoms with E-state index in [1.807, 2.05) is 27.7 Å². The quantitative estimate of drug-likeness (QED) is 0.700. The number of halogens is 1. The number of rotatable bonds is 7. The van der Waals surface area contributed by atoms with Crippen LogP contribution in [-0.4, -0.2) is 28.8 Å². The van der Waals surface area contributed by atoms with Crippen LogP contribution in [0.2, 0.25) is 0 Å². The first-order valence-electron chi connectivity index (χ1n) is 6.08. The molecule has 2 nitrogen and oxygen atoms in total. The zero-order chi connectivity index (χ0) is 13.0. The van der Waals surface area contributed by atoms with Gasteiger partial charge in [-0.1, -0.05) is 20.8 Å². The molecular weight excluding hydrogens is 224 g/mol. The molecule has 0 rings (SSSR count). The molecule has 0 fully saturated rings. The highest BCUT2D eigenvalue weighted by Gasteiger charge is 2.36. The molecule has 0 heterocycles. The Morgan fingerprint density at radius 2 is 1.75 bits per heavy atom. The van der Waals surface area contributed by atoms with Crippen LogP contribution >= 0.6 is 11.6 Å². The predicted molar refractivity (Wildman–Crippen MR) is 70.0 cm³/mol. The summed E-state index contributed by atoms with van der Waals surface area (Å²) in [7, 11) is 0. The Bertz CT molecular complexity index is 204. The van der Waals surface area contributed by atoms with Gasteiger partial charge in [0.05, 0.1) is 17.8 Å². The minimum Gasteiger partial charge on any atom is -0.391 e. The van der Waals surface area contributed by atoms with Crippen molar-refractivity contribution in [3.63, 3.8) is 0 Å². The number of ether oxygens (including phenoxy) is 1. The SMILES string of the molecule is CCC(C)(CC(C)(C)C(O)CCl)OC(C)C. The molecule has 0 radical (unpaired) electrons. The first kappa shape index (κ1) is 16.2. The van der Waals surface area contributed by atoms with Crippen LogP contribution in [0.3, 0.4) is 0 Å². The van der Waals surface area contributed by atoms with Crippen molar-refractivity contribution in [3.8, 4) is 0 Å². The van der Waals surface area contributed by atoms with Gasteiger partial charge < -0.3 is 9.84 Å². The molecule has 0 aromatic heterocycles. The van der Waals surface area contributed by atoms with Gasteiger partial charge in [0.15, 0.2) is 0 Å². The van der Waals surface area contributed by atoms with E-state index >= 15 is 0 Å². The summed E-state index contributed by atoms with van der Waals surface area (Å²) < 4.78 is 5.96. The van der Waals surface area contributed by atoms with Gasteiger partial charge in [0.1, 0.15) is 0 Å². The Morgan fingerprint density at radius 3 is 2.06 bits per heavy atom. The molecule has 0 aromatic rings. The fourth-order valence-corrected chi connectivity index (χ4v) is 2.53. The number of alkyl halides is 1. The largest absolute Gasteiger partial charge is 0.391 e. The van der Waals surface area contributed by atoms with E-state index in [2.05, 4.69) is 13.8 Å². The molecule has 0 aliphatic carbocycles. The molecule has 0 spiro atoms. The molecule has 16 heavy (non-hydrogen) atoms. The molecule has 0 saturated carbocycles. The van der Waals surface area contributed by atoms with Crippen LogP contribution in [0.15, 0.2) is 0 Å². The summed E-state index contributed by atoms with van der Waals surface area (Å²) in [6, 6.07) is 0. The molecule has 98 valence electrons. The van der Waals surface area contributed by atoms with Crippen molar-refractivity contribution in [2.45, 2.75) is 72.2 Å². The molecule has 0 aliphatic heterocycles. The summed E-state index contributed by atoms with van der Waals surface area (Å²) in [6.45, 7) is 12.4. The fraction of sp³-hybridized carbons (Fsp3) is 1.00. The Hall–Kier alpha value is 0.210. The van der Waals surface area contributed by atoms with Crippen LogP contribution in [-0.2, 0) is 4.74 Å². The van der Waals surface area contributed by atoms with Crippen LogP contribution in [0, 0.1) is 5.41 Å². The van der Waals surface area contributed by atoms with Gasteiger partial charge in [-0.25, -0.2) is 0 Å². The molecule has 0 saturated heterocycles. The van der Waals surface area contributed by atoms with E-state index in [0.717, 1.165) is 12.8 Å². The highest BCUT2D eigenvalue weighted by molar-refractivity contribution is 6.18. The third-order valence-corrected chi connectivity index (χ3v) is 3.44. The van der Waals surface area contributed by atoms with Crippen LogP contribution in [0.25, 0.3) is 0 Å². The molecule has 2 unspecified atom stereocenters. The minimum absolute atomic E-state index is 0.190. The summed E-state index contributed by atoms with van der Waals surface area (Å²) >= 11 is 5.72. The first-order valence-corrected chi connectivity index (χ1v) is 6.62. The van der Waals surface area contributed by atoms with E-state index in [-0.39, 0.29) is 23.0 Å². The summed E-state index contributed by atoms with van der Waals surface area (Å²) in [6.07, 6.45) is 1.45. The van der Waals surface area contributed by atoms with Crippen molar-refractivity contribution < 1.29 is 9.84 Å². The number of hydrogen-bond donors (Lipinski definition) is 1. The van der Waals surface area contributed by atoms with E-state index in [1.54, 1.807) is 0 Å².